The molecule has 2 rings (SSSR count). The molecule has 2 fully saturated rings. The lowest BCUT2D eigenvalue weighted by molar-refractivity contribution is 0.221. The minimum Gasteiger partial charge on any atom is -0.291 e. The van der Waals surface area contributed by atoms with Crippen molar-refractivity contribution in [1.82, 2.24) is 0 Å². The van der Waals surface area contributed by atoms with Crippen molar-refractivity contribution in [3.05, 3.63) is 0 Å². The molecule has 0 saturated heterocycles. The van der Waals surface area contributed by atoms with Gasteiger partial charge >= 0.3 is 7.75 Å². The first-order valence-electron chi connectivity index (χ1n) is 6.58. The normalized spacial score (nSPS) is 34.8. The van der Waals surface area contributed by atoms with Gasteiger partial charge in [-0.2, -0.15) is 4.76 Å². The monoisotopic (exact) mass is 259 g/mol. The lowest BCUT2D eigenvalue weighted by atomic mass is 9.89. The van der Waals surface area contributed by atoms with Crippen molar-refractivity contribution in [3.63, 3.8) is 0 Å². The number of nitrogens with zero attached hydrogens (tertiary/aromatic N) is 1. The van der Waals surface area contributed by atoms with Crippen LogP contribution in [0.5, 0.6) is 0 Å². The first kappa shape index (κ1) is 13.3. The van der Waals surface area contributed by atoms with Crippen molar-refractivity contribution in [1.29, 1.82) is 0 Å². The molecule has 0 spiro atoms. The molecule has 0 amide bonds. The molecule has 0 aromatic carbocycles. The Balaban J connectivity index is 2.18. The van der Waals surface area contributed by atoms with Crippen LogP contribution in [0.3, 0.4) is 0 Å². The van der Waals surface area contributed by atoms with Gasteiger partial charge in [0.2, 0.25) is 0 Å². The number of hydrogen-bond donors (Lipinski definition) is 0. The molecule has 0 heterocycles. The van der Waals surface area contributed by atoms with Gasteiger partial charge in [0.15, 0.2) is 0 Å². The summed E-state index contributed by atoms with van der Waals surface area (Å²) in [6, 6.07) is 0. The molecule has 5 heteroatoms. The van der Waals surface area contributed by atoms with Crippen LogP contribution < -0.4 is 0 Å². The standard InChI is InChI=1S/C12H22NO3P/c1-4-15-17(14,16-5-2)13-12-9(3)10-6-7-11(12)8-10/h9-11H,4-8H2,1-3H3/t9-,10+,11+/m1/s1. The average Bonchev–Trinajstić information content (AvgIpc) is 2.83. The Morgan fingerprint density at radius 2 is 1.94 bits per heavy atom. The number of rotatable bonds is 5. The summed E-state index contributed by atoms with van der Waals surface area (Å²) in [6.07, 6.45) is 3.68. The van der Waals surface area contributed by atoms with Crippen molar-refractivity contribution in [3.8, 4) is 0 Å². The second kappa shape index (κ2) is 5.21. The Labute approximate surface area is 103 Å². The molecule has 0 aromatic rings. The van der Waals surface area contributed by atoms with Crippen LogP contribution in [0.1, 0.15) is 40.0 Å². The summed E-state index contributed by atoms with van der Waals surface area (Å²) in [5.74, 6) is 1.70. The molecular weight excluding hydrogens is 237 g/mol. The van der Waals surface area contributed by atoms with Crippen LogP contribution in [0.25, 0.3) is 0 Å². The molecule has 4 nitrogen and oxygen atoms in total. The quantitative estimate of drug-likeness (QED) is 0.708. The molecule has 3 atom stereocenters. The fraction of sp³-hybridized carbons (Fsp3) is 0.917. The molecule has 98 valence electrons. The van der Waals surface area contributed by atoms with Gasteiger partial charge in [0.25, 0.3) is 0 Å². The van der Waals surface area contributed by atoms with E-state index in [0.717, 1.165) is 11.6 Å². The zero-order chi connectivity index (χ0) is 12.5. The third-order valence-corrected chi connectivity index (χ3v) is 5.53. The molecule has 0 unspecified atom stereocenters. The Bertz CT molecular complexity index is 342. The lowest BCUT2D eigenvalue weighted by Crippen LogP contribution is -2.19. The van der Waals surface area contributed by atoms with E-state index in [1.807, 2.05) is 13.8 Å². The predicted molar refractivity (Wildman–Crippen MR) is 68.3 cm³/mol. The molecule has 0 radical (unpaired) electrons. The molecular formula is C12H22NO3P. The van der Waals surface area contributed by atoms with Crippen molar-refractivity contribution in [2.24, 2.45) is 22.5 Å². The van der Waals surface area contributed by atoms with Crippen molar-refractivity contribution < 1.29 is 13.6 Å². The van der Waals surface area contributed by atoms with Crippen LogP contribution in [0.15, 0.2) is 4.76 Å². The lowest BCUT2D eigenvalue weighted by Gasteiger charge is -2.21. The van der Waals surface area contributed by atoms with Crippen LogP contribution in [-0.4, -0.2) is 18.9 Å². The van der Waals surface area contributed by atoms with E-state index < -0.39 is 7.75 Å². The molecule has 2 aliphatic rings. The smallest absolute Gasteiger partial charge is 0.291 e. The van der Waals surface area contributed by atoms with Gasteiger partial charge < -0.3 is 0 Å². The molecule has 2 saturated carbocycles. The van der Waals surface area contributed by atoms with E-state index in [0.29, 0.717) is 25.0 Å². The Morgan fingerprint density at radius 3 is 2.41 bits per heavy atom. The molecule has 0 N–H and O–H groups in total. The van der Waals surface area contributed by atoms with E-state index in [1.165, 1.54) is 19.3 Å². The van der Waals surface area contributed by atoms with E-state index in [2.05, 4.69) is 11.7 Å². The third-order valence-electron chi connectivity index (χ3n) is 3.89. The minimum absolute atomic E-state index is 0.372. The van der Waals surface area contributed by atoms with Crippen LogP contribution in [0.2, 0.25) is 0 Å². The summed E-state index contributed by atoms with van der Waals surface area (Å²) in [6.45, 7) is 6.56. The first-order chi connectivity index (χ1) is 8.09. The van der Waals surface area contributed by atoms with Crippen LogP contribution in [-0.2, 0) is 13.6 Å². The van der Waals surface area contributed by atoms with Crippen LogP contribution in [0, 0.1) is 17.8 Å². The van der Waals surface area contributed by atoms with Gasteiger partial charge in [-0.1, -0.05) is 6.92 Å². The van der Waals surface area contributed by atoms with E-state index in [1.54, 1.807) is 0 Å². The fourth-order valence-corrected chi connectivity index (χ4v) is 4.56. The number of fused-ring (bicyclic) bond motifs is 2. The summed E-state index contributed by atoms with van der Waals surface area (Å²) in [7, 11) is -3.25. The Morgan fingerprint density at radius 1 is 1.29 bits per heavy atom. The van der Waals surface area contributed by atoms with Gasteiger partial charge in [0.1, 0.15) is 0 Å². The summed E-state index contributed by atoms with van der Waals surface area (Å²) in [4.78, 5) is 0. The molecule has 17 heavy (non-hydrogen) atoms. The highest BCUT2D eigenvalue weighted by molar-refractivity contribution is 7.52. The van der Waals surface area contributed by atoms with Gasteiger partial charge in [0.05, 0.1) is 13.2 Å². The largest absolute Gasteiger partial charge is 0.453 e. The fourth-order valence-electron chi connectivity index (χ4n) is 3.09. The minimum atomic E-state index is -3.25. The summed E-state index contributed by atoms with van der Waals surface area (Å²) in [5.41, 5.74) is 1.08. The summed E-state index contributed by atoms with van der Waals surface area (Å²) < 4.78 is 27.2. The van der Waals surface area contributed by atoms with Gasteiger partial charge in [-0.25, -0.2) is 4.57 Å². The SMILES string of the molecule is CCOP(=O)(N=C1[C@H]2CC[C@@H](C2)[C@H]1C)OCC. The van der Waals surface area contributed by atoms with E-state index in [4.69, 9.17) is 9.05 Å². The molecule has 2 aliphatic carbocycles. The molecule has 2 bridgehead atoms. The van der Waals surface area contributed by atoms with Crippen molar-refractivity contribution >= 4 is 13.5 Å². The van der Waals surface area contributed by atoms with E-state index >= 15 is 0 Å². The second-order valence-corrected chi connectivity index (χ2v) is 6.54. The maximum Gasteiger partial charge on any atom is 0.453 e. The first-order valence-corrected chi connectivity index (χ1v) is 8.08. The summed E-state index contributed by atoms with van der Waals surface area (Å²) in [5, 5.41) is 0. The highest BCUT2D eigenvalue weighted by Gasteiger charge is 2.44. The van der Waals surface area contributed by atoms with Crippen LogP contribution in [0.4, 0.5) is 0 Å². The highest BCUT2D eigenvalue weighted by Crippen LogP contribution is 2.54. The van der Waals surface area contributed by atoms with Gasteiger partial charge in [0, 0.05) is 5.71 Å². The molecule has 0 aliphatic heterocycles. The van der Waals surface area contributed by atoms with Crippen molar-refractivity contribution in [2.75, 3.05) is 13.2 Å². The van der Waals surface area contributed by atoms with Gasteiger partial charge in [-0.15, -0.1) is 0 Å². The zero-order valence-corrected chi connectivity index (χ0v) is 11.8. The highest BCUT2D eigenvalue weighted by atomic mass is 31.2. The Hall–Kier alpha value is -0.180. The second-order valence-electron chi connectivity index (χ2n) is 4.89. The maximum absolute atomic E-state index is 12.4. The summed E-state index contributed by atoms with van der Waals surface area (Å²) >= 11 is 0. The zero-order valence-electron chi connectivity index (χ0n) is 10.9. The van der Waals surface area contributed by atoms with E-state index in [9.17, 15) is 4.57 Å². The number of hydrogen-bond acceptors (Lipinski definition) is 3. The topological polar surface area (TPSA) is 47.9 Å². The Kier molecular flexibility index (Phi) is 4.06. The van der Waals surface area contributed by atoms with Gasteiger partial charge in [-0.05, 0) is 50.9 Å². The predicted octanol–water partition coefficient (Wildman–Crippen LogP) is 3.67. The molecule has 0 aromatic heterocycles. The third kappa shape index (κ3) is 2.64. The van der Waals surface area contributed by atoms with E-state index in [-0.39, 0.29) is 0 Å². The average molecular weight is 259 g/mol. The van der Waals surface area contributed by atoms with Gasteiger partial charge in [-0.3, -0.25) is 9.05 Å². The van der Waals surface area contributed by atoms with Crippen LogP contribution >= 0.6 is 7.75 Å². The maximum atomic E-state index is 12.4. The van der Waals surface area contributed by atoms with Crippen molar-refractivity contribution in [2.45, 2.75) is 40.0 Å².